The van der Waals surface area contributed by atoms with E-state index in [1.165, 1.54) is 0 Å². The van der Waals surface area contributed by atoms with Gasteiger partial charge in [-0.15, -0.1) is 0 Å². The smallest absolute Gasteiger partial charge is 0.303 e. The van der Waals surface area contributed by atoms with Crippen LogP contribution in [0.4, 0.5) is 0 Å². The summed E-state index contributed by atoms with van der Waals surface area (Å²) < 4.78 is 228. The van der Waals surface area contributed by atoms with Gasteiger partial charge in [0.2, 0.25) is 0 Å². The average molecular weight is 629 g/mol. The van der Waals surface area contributed by atoms with Gasteiger partial charge >= 0.3 is 10.2 Å². The van der Waals surface area contributed by atoms with Crippen molar-refractivity contribution in [3.8, 4) is 17.0 Å². The number of carbonyl (C=O) groups is 2. The summed E-state index contributed by atoms with van der Waals surface area (Å²) >= 11 is 0. The highest BCUT2D eigenvalue weighted by molar-refractivity contribution is 7.87. The molecule has 0 saturated heterocycles. The Morgan fingerprint density at radius 2 is 1.91 bits per heavy atom. The maximum atomic E-state index is 14.7. The standard InChI is InChI=1S/C32H38N4O6S/c1-34-13-15-42-16-14-35(2)43(39,40)33-31(37)22-9-11-27-28(19-22)36-20-24(32(34)38)17-23-18-25(41-3)10-12-26(23)30(36)29(27)21-7-5-4-6-8-21/h9-12,17-19,21H,4-8,13-16,20H2,1-3H3,(H,33,37)/i1D3,2D3,3D3,4D2,5D2,6D2,7D2,8D2,20D2,21D. The molecule has 2 aromatic carbocycles. The molecule has 3 heterocycles. The number of ether oxygens (including phenoxy) is 2. The number of nitrogens with one attached hydrogen (secondary N) is 1. The second-order valence-electron chi connectivity index (χ2n) is 9.39. The average Bonchev–Trinajstić information content (AvgIpc) is 3.43. The molecule has 6 rings (SSSR count). The largest absolute Gasteiger partial charge is 0.497 e. The number of fused-ring (bicyclic) bond motifs is 4. The third kappa shape index (κ3) is 5.57. The predicted molar refractivity (Wildman–Crippen MR) is 165 cm³/mol. The molecule has 3 aromatic rings. The molecule has 1 N–H and O–H groups in total. The van der Waals surface area contributed by atoms with Crippen molar-refractivity contribution in [1.82, 2.24) is 18.5 Å². The van der Waals surface area contributed by atoms with Crippen LogP contribution < -0.4 is 9.46 Å². The van der Waals surface area contributed by atoms with E-state index < -0.39 is 164 Å². The lowest BCUT2D eigenvalue weighted by atomic mass is 9.81. The lowest BCUT2D eigenvalue weighted by Gasteiger charge is -2.24. The van der Waals surface area contributed by atoms with Crippen LogP contribution in [0.15, 0.2) is 42.0 Å². The summed E-state index contributed by atoms with van der Waals surface area (Å²) in [6, 6.07) is 5.07. The zero-order chi connectivity index (χ0) is 49.5. The zero-order valence-electron chi connectivity index (χ0n) is 44.1. The quantitative estimate of drug-likeness (QED) is 0.457. The molecule has 1 fully saturated rings. The van der Waals surface area contributed by atoms with Gasteiger partial charge < -0.3 is 18.9 Å². The Balaban J connectivity index is 1.86. The minimum Gasteiger partial charge on any atom is -0.497 e. The summed E-state index contributed by atoms with van der Waals surface area (Å²) in [5, 5.41) is -0.703. The number of carbonyl (C=O) groups excluding carboxylic acids is 2. The van der Waals surface area contributed by atoms with Gasteiger partial charge in [-0.2, -0.15) is 12.7 Å². The van der Waals surface area contributed by atoms with Gasteiger partial charge in [-0.1, -0.05) is 25.2 Å². The summed E-state index contributed by atoms with van der Waals surface area (Å²) in [6.45, 7) is -13.9. The van der Waals surface area contributed by atoms with Crippen LogP contribution in [0.25, 0.3) is 28.2 Å². The second-order valence-corrected chi connectivity index (χ2v) is 11.0. The van der Waals surface area contributed by atoms with E-state index in [1.54, 1.807) is 4.72 Å². The Morgan fingerprint density at radius 1 is 1.07 bits per heavy atom. The molecule has 0 spiro atoms. The Bertz CT molecular complexity index is 2590. The first kappa shape index (κ1) is 13.1. The van der Waals surface area contributed by atoms with E-state index in [9.17, 15) is 22.1 Å². The van der Waals surface area contributed by atoms with E-state index in [-0.39, 0.29) is 9.21 Å². The Kier molecular flexibility index (Phi) is 3.60. The predicted octanol–water partition coefficient (Wildman–Crippen LogP) is 4.16. The highest BCUT2D eigenvalue weighted by Crippen LogP contribution is 2.47. The highest BCUT2D eigenvalue weighted by Gasteiger charge is 2.31. The number of nitrogens with zero attached hydrogens (tertiary/aromatic N) is 3. The Labute approximate surface area is 283 Å². The summed E-state index contributed by atoms with van der Waals surface area (Å²) in [7, 11) is -8.51. The molecule has 4 bridgehead atoms. The topological polar surface area (TPSA) is 110 Å². The Hall–Kier alpha value is -3.67. The van der Waals surface area contributed by atoms with E-state index in [0.717, 1.165) is 36.4 Å². The molecule has 0 unspecified atom stereocenters. The molecule has 1 saturated carbocycles. The maximum Gasteiger partial charge on any atom is 0.303 e. The van der Waals surface area contributed by atoms with Crippen molar-refractivity contribution in [3.63, 3.8) is 0 Å². The molecule has 10 nitrogen and oxygen atoms in total. The fourth-order valence-corrected chi connectivity index (χ4v) is 5.57. The van der Waals surface area contributed by atoms with Crippen LogP contribution in [0.1, 0.15) is 89.4 Å². The van der Waals surface area contributed by atoms with Gasteiger partial charge in [-0.25, -0.2) is 4.72 Å². The van der Waals surface area contributed by atoms with Crippen LogP contribution in [0.3, 0.4) is 0 Å². The molecule has 1 aliphatic carbocycles. The van der Waals surface area contributed by atoms with E-state index in [1.807, 2.05) is 0 Å². The lowest BCUT2D eigenvalue weighted by Crippen LogP contribution is -2.42. The number of aromatic nitrogens is 1. The van der Waals surface area contributed by atoms with Crippen LogP contribution in [0.2, 0.25) is 0 Å². The summed E-state index contributed by atoms with van der Waals surface area (Å²) in [5.74, 6) is -7.81. The van der Waals surface area contributed by atoms with Crippen molar-refractivity contribution in [2.75, 3.05) is 47.3 Å². The molecule has 2 amide bonds. The molecule has 1 aromatic heterocycles. The normalized spacial score (nSPS) is 36.7. The van der Waals surface area contributed by atoms with Gasteiger partial charge in [-0.05, 0) is 66.2 Å². The first-order valence-electron chi connectivity index (χ1n) is 23.6. The molecular weight excluding hydrogens is 568 g/mol. The number of benzene rings is 2. The van der Waals surface area contributed by atoms with Gasteiger partial charge in [-0.3, -0.25) is 9.59 Å². The SMILES string of the molecule is [2H]C([2H])([2H])Oc1ccc2c(c1)C=C1C(=O)N(C([2H])([2H])[2H])CCOCCN(C([2H])([2H])[2H])S(=O)(=O)NC(=O)c3ccc4c(C5([2H])C([2H])([2H])C([2H])([2H])C([2H])([2H])C([2H])([2H])C5([2H])[2H])c-2n(c4c3)C1([2H])[2H]. The zero-order valence-corrected chi connectivity index (χ0v) is 22.9. The van der Waals surface area contributed by atoms with Crippen LogP contribution in [0, 0.1) is 0 Å². The summed E-state index contributed by atoms with van der Waals surface area (Å²) in [4.78, 5) is 28.7. The molecule has 43 heavy (non-hydrogen) atoms. The monoisotopic (exact) mass is 628 g/mol. The first-order valence-corrected chi connectivity index (χ1v) is 14.1. The molecule has 3 aliphatic rings. The molecule has 11 heteroatoms. The number of likely N-dealkylation sites (N-methyl/N-ethyl adjacent to an activating group) is 2. The van der Waals surface area contributed by atoms with Gasteiger partial charge in [0.15, 0.2) is 0 Å². The van der Waals surface area contributed by atoms with E-state index in [4.69, 9.17) is 35.5 Å². The molecule has 2 aliphatic heterocycles. The van der Waals surface area contributed by atoms with Crippen molar-refractivity contribution in [2.24, 2.45) is 0 Å². The highest BCUT2D eigenvalue weighted by atomic mass is 32.2. The van der Waals surface area contributed by atoms with Gasteiger partial charge in [0.25, 0.3) is 11.8 Å². The van der Waals surface area contributed by atoms with Gasteiger partial charge in [0.05, 0.1) is 39.3 Å². The minimum atomic E-state index is -5.35. The van der Waals surface area contributed by atoms with Gasteiger partial charge in [0.1, 0.15) is 5.75 Å². The fourth-order valence-electron chi connectivity index (χ4n) is 4.79. The van der Waals surface area contributed by atoms with Crippen molar-refractivity contribution in [2.45, 2.75) is 44.3 Å². The van der Waals surface area contributed by atoms with E-state index >= 15 is 0 Å². The molecule has 0 atom stereocenters. The van der Waals surface area contributed by atoms with Crippen LogP contribution >= 0.6 is 0 Å². The van der Waals surface area contributed by atoms with E-state index in [0.29, 0.717) is 10.6 Å². The number of methoxy groups -OCH3 is 1. The molecule has 228 valence electrons. The summed E-state index contributed by atoms with van der Waals surface area (Å²) in [5.41, 5.74) is -5.63. The van der Waals surface area contributed by atoms with E-state index in [2.05, 4.69) is 0 Å². The van der Waals surface area contributed by atoms with Crippen molar-refractivity contribution >= 4 is 39.0 Å². The molecular formula is C32H38N4O6S. The number of amides is 2. The molecule has 0 radical (unpaired) electrons. The number of hydrogen-bond donors (Lipinski definition) is 1. The van der Waals surface area contributed by atoms with Crippen LogP contribution in [-0.2, 0) is 26.2 Å². The minimum absolute atomic E-state index is 0.138. The number of hydrogen-bond acceptors (Lipinski definition) is 6. The van der Waals surface area contributed by atoms with Crippen molar-refractivity contribution < 1.29 is 57.6 Å². The number of rotatable bonds is 2. The third-order valence-corrected chi connectivity index (χ3v) is 8.00. The Morgan fingerprint density at radius 3 is 2.70 bits per heavy atom. The second kappa shape index (κ2) is 11.8. The fraction of sp³-hybridized carbons (Fsp3) is 0.438. The lowest BCUT2D eigenvalue weighted by molar-refractivity contribution is -0.126. The van der Waals surface area contributed by atoms with Crippen LogP contribution in [0.5, 0.6) is 5.75 Å². The first-order chi connectivity index (χ1) is 29.1. The van der Waals surface area contributed by atoms with Crippen LogP contribution in [-0.4, -0.2) is 81.3 Å². The summed E-state index contributed by atoms with van der Waals surface area (Å²) in [6.07, 6.45) is -19.9. The van der Waals surface area contributed by atoms with Crippen molar-refractivity contribution in [3.05, 3.63) is 58.7 Å². The van der Waals surface area contributed by atoms with Crippen molar-refractivity contribution in [1.29, 1.82) is 0 Å². The van der Waals surface area contributed by atoms with Gasteiger partial charge in [0, 0.05) is 77.9 Å². The maximum absolute atomic E-state index is 14.7. The third-order valence-electron chi connectivity index (χ3n) is 6.79.